The van der Waals surface area contributed by atoms with Gasteiger partial charge >= 0.3 is 0 Å². The lowest BCUT2D eigenvalue weighted by Crippen LogP contribution is -2.03. The number of rotatable bonds is 8. The first kappa shape index (κ1) is 21.0. The molecule has 0 amide bonds. The van der Waals surface area contributed by atoms with Crippen molar-refractivity contribution in [3.05, 3.63) is 88.5 Å². The van der Waals surface area contributed by atoms with Gasteiger partial charge in [0.15, 0.2) is 11.6 Å². The van der Waals surface area contributed by atoms with Crippen LogP contribution in [0.4, 0.5) is 8.78 Å². The SMILES string of the molecule is CCCc1ccc(C2=CCC(/C=C/CCc3ccc(C4CO4)c(F)c3F)CC2)cc1. The molecule has 1 nitrogen and oxygen atoms in total. The van der Waals surface area contributed by atoms with Crippen LogP contribution >= 0.6 is 0 Å². The van der Waals surface area contributed by atoms with Gasteiger partial charge in [-0.2, -0.15) is 0 Å². The normalized spacial score (nSPS) is 21.1. The zero-order valence-corrected chi connectivity index (χ0v) is 17.7. The van der Waals surface area contributed by atoms with Crippen molar-refractivity contribution in [1.82, 2.24) is 0 Å². The highest BCUT2D eigenvalue weighted by Gasteiger charge is 2.29. The molecular formula is C27H30F2O. The Balaban J connectivity index is 1.27. The van der Waals surface area contributed by atoms with E-state index in [1.165, 1.54) is 23.1 Å². The van der Waals surface area contributed by atoms with Crippen molar-refractivity contribution in [2.75, 3.05) is 6.61 Å². The van der Waals surface area contributed by atoms with E-state index in [2.05, 4.69) is 49.4 Å². The van der Waals surface area contributed by atoms with Gasteiger partial charge in [-0.05, 0) is 66.7 Å². The van der Waals surface area contributed by atoms with Gasteiger partial charge in [-0.25, -0.2) is 8.78 Å². The fraction of sp³-hybridized carbons (Fsp3) is 0.407. The topological polar surface area (TPSA) is 12.5 Å². The zero-order valence-electron chi connectivity index (χ0n) is 17.7. The van der Waals surface area contributed by atoms with Gasteiger partial charge in [0.2, 0.25) is 0 Å². The average molecular weight is 409 g/mol. The lowest BCUT2D eigenvalue weighted by molar-refractivity contribution is 0.400. The highest BCUT2D eigenvalue weighted by atomic mass is 19.2. The van der Waals surface area contributed by atoms with Crippen LogP contribution in [-0.2, 0) is 17.6 Å². The van der Waals surface area contributed by atoms with E-state index in [1.54, 1.807) is 12.1 Å². The van der Waals surface area contributed by atoms with Gasteiger partial charge in [-0.15, -0.1) is 0 Å². The fourth-order valence-electron chi connectivity index (χ4n) is 4.27. The molecule has 0 N–H and O–H groups in total. The molecule has 2 aromatic rings. The zero-order chi connectivity index (χ0) is 20.9. The summed E-state index contributed by atoms with van der Waals surface area (Å²) in [4.78, 5) is 0. The number of aryl methyl sites for hydroxylation is 2. The molecule has 1 heterocycles. The molecule has 4 rings (SSSR count). The number of allylic oxidation sites excluding steroid dienone is 4. The van der Waals surface area contributed by atoms with Crippen molar-refractivity contribution in [1.29, 1.82) is 0 Å². The summed E-state index contributed by atoms with van der Waals surface area (Å²) < 4.78 is 33.4. The van der Waals surface area contributed by atoms with Crippen LogP contribution in [0, 0.1) is 17.6 Å². The average Bonchev–Trinajstić information content (AvgIpc) is 3.61. The minimum Gasteiger partial charge on any atom is -0.368 e. The van der Waals surface area contributed by atoms with Gasteiger partial charge in [-0.3, -0.25) is 0 Å². The number of benzene rings is 2. The molecule has 2 atom stereocenters. The predicted molar refractivity (Wildman–Crippen MR) is 118 cm³/mol. The Hall–Kier alpha value is -2.26. The van der Waals surface area contributed by atoms with Crippen molar-refractivity contribution < 1.29 is 13.5 Å². The summed E-state index contributed by atoms with van der Waals surface area (Å²) >= 11 is 0. The van der Waals surface area contributed by atoms with E-state index in [-0.39, 0.29) is 6.10 Å². The maximum absolute atomic E-state index is 14.2. The van der Waals surface area contributed by atoms with E-state index >= 15 is 0 Å². The highest BCUT2D eigenvalue weighted by Crippen LogP contribution is 2.34. The molecule has 2 unspecified atom stereocenters. The number of halogens is 2. The summed E-state index contributed by atoms with van der Waals surface area (Å²) in [7, 11) is 0. The van der Waals surface area contributed by atoms with Crippen LogP contribution in [0.1, 0.15) is 67.4 Å². The van der Waals surface area contributed by atoms with Crippen LogP contribution in [0.5, 0.6) is 0 Å². The molecule has 0 aromatic heterocycles. The van der Waals surface area contributed by atoms with E-state index in [9.17, 15) is 8.78 Å². The molecule has 0 radical (unpaired) electrons. The van der Waals surface area contributed by atoms with Crippen molar-refractivity contribution in [3.63, 3.8) is 0 Å². The second-order valence-corrected chi connectivity index (χ2v) is 8.44. The molecule has 2 aliphatic rings. The largest absolute Gasteiger partial charge is 0.368 e. The van der Waals surface area contributed by atoms with Crippen molar-refractivity contribution in [3.8, 4) is 0 Å². The molecule has 30 heavy (non-hydrogen) atoms. The first-order valence-corrected chi connectivity index (χ1v) is 11.2. The van der Waals surface area contributed by atoms with Crippen molar-refractivity contribution in [2.45, 2.75) is 58.0 Å². The number of hydrogen-bond donors (Lipinski definition) is 0. The van der Waals surface area contributed by atoms with E-state index in [1.807, 2.05) is 0 Å². The van der Waals surface area contributed by atoms with Crippen LogP contribution in [0.25, 0.3) is 5.57 Å². The van der Waals surface area contributed by atoms with Crippen molar-refractivity contribution >= 4 is 5.57 Å². The third-order valence-corrected chi connectivity index (χ3v) is 6.18. The first-order chi connectivity index (χ1) is 14.7. The van der Waals surface area contributed by atoms with Crippen LogP contribution in [0.15, 0.2) is 54.6 Å². The monoisotopic (exact) mass is 408 g/mol. The van der Waals surface area contributed by atoms with Gasteiger partial charge in [0.1, 0.15) is 6.10 Å². The van der Waals surface area contributed by atoms with Crippen molar-refractivity contribution in [2.24, 2.45) is 5.92 Å². The summed E-state index contributed by atoms with van der Waals surface area (Å²) in [6.45, 7) is 2.69. The summed E-state index contributed by atoms with van der Waals surface area (Å²) in [6.07, 6.45) is 13.3. The number of ether oxygens (including phenoxy) is 1. The van der Waals surface area contributed by atoms with Crippen LogP contribution in [-0.4, -0.2) is 6.61 Å². The Kier molecular flexibility index (Phi) is 6.79. The van der Waals surface area contributed by atoms with E-state index in [4.69, 9.17) is 4.74 Å². The Morgan fingerprint density at radius 1 is 1.03 bits per heavy atom. The third-order valence-electron chi connectivity index (χ3n) is 6.18. The predicted octanol–water partition coefficient (Wildman–Crippen LogP) is 7.36. The maximum Gasteiger partial charge on any atom is 0.164 e. The van der Waals surface area contributed by atoms with Gasteiger partial charge < -0.3 is 4.74 Å². The lowest BCUT2D eigenvalue weighted by Gasteiger charge is -2.19. The van der Waals surface area contributed by atoms with Gasteiger partial charge in [-0.1, -0.05) is 68.0 Å². The Morgan fingerprint density at radius 3 is 2.50 bits per heavy atom. The quantitative estimate of drug-likeness (QED) is 0.328. The molecule has 1 aliphatic carbocycles. The number of hydrogen-bond acceptors (Lipinski definition) is 1. The molecule has 1 fully saturated rings. The standard InChI is InChI=1S/C27H30F2O/c1-2-5-19-8-12-21(13-9-19)22-14-10-20(11-15-22)6-3-4-7-23-16-17-24(25-18-30-25)27(29)26(23)28/h3,6,8-9,12-14,16-17,20,25H,2,4-5,7,10-11,15,18H2,1H3/b6-3+. The minimum atomic E-state index is -0.744. The van der Waals surface area contributed by atoms with E-state index < -0.39 is 11.6 Å². The molecule has 1 saturated heterocycles. The molecular weight excluding hydrogens is 378 g/mol. The van der Waals surface area contributed by atoms with Gasteiger partial charge in [0, 0.05) is 5.56 Å². The smallest absolute Gasteiger partial charge is 0.164 e. The summed E-state index contributed by atoms with van der Waals surface area (Å²) in [5, 5.41) is 0. The lowest BCUT2D eigenvalue weighted by atomic mass is 9.86. The van der Waals surface area contributed by atoms with Gasteiger partial charge in [0.25, 0.3) is 0 Å². The summed E-state index contributed by atoms with van der Waals surface area (Å²) in [5.41, 5.74) is 4.98. The Morgan fingerprint density at radius 2 is 1.83 bits per heavy atom. The number of epoxide rings is 1. The van der Waals surface area contributed by atoms with E-state index in [0.29, 0.717) is 30.1 Å². The molecule has 158 valence electrons. The molecule has 1 aliphatic heterocycles. The molecule has 0 saturated carbocycles. The molecule has 2 aromatic carbocycles. The maximum atomic E-state index is 14.2. The highest BCUT2D eigenvalue weighted by molar-refractivity contribution is 5.66. The molecule has 0 bridgehead atoms. The second kappa shape index (κ2) is 9.70. The summed E-state index contributed by atoms with van der Waals surface area (Å²) in [6, 6.07) is 12.4. The Bertz CT molecular complexity index is 923. The third kappa shape index (κ3) is 5.07. The van der Waals surface area contributed by atoms with Crippen LogP contribution in [0.3, 0.4) is 0 Å². The fourth-order valence-corrected chi connectivity index (χ4v) is 4.27. The first-order valence-electron chi connectivity index (χ1n) is 11.2. The van der Waals surface area contributed by atoms with Crippen LogP contribution < -0.4 is 0 Å². The van der Waals surface area contributed by atoms with Crippen LogP contribution in [0.2, 0.25) is 0 Å². The van der Waals surface area contributed by atoms with Gasteiger partial charge in [0.05, 0.1) is 6.61 Å². The Labute approximate surface area is 178 Å². The summed E-state index contributed by atoms with van der Waals surface area (Å²) in [5.74, 6) is -0.928. The minimum absolute atomic E-state index is 0.257. The molecule has 0 spiro atoms. The molecule has 3 heteroatoms. The van der Waals surface area contributed by atoms with E-state index in [0.717, 1.165) is 32.1 Å². The second-order valence-electron chi connectivity index (χ2n) is 8.44.